The minimum Gasteiger partial charge on any atom is -0.383 e. The molecule has 0 aliphatic carbocycles. The number of halogens is 3. The molecule has 0 saturated heterocycles. The Bertz CT molecular complexity index is 728. The van der Waals surface area contributed by atoms with Crippen molar-refractivity contribution in [3.8, 4) is 11.4 Å². The fourth-order valence-electron chi connectivity index (χ4n) is 1.89. The van der Waals surface area contributed by atoms with Gasteiger partial charge in [0, 0.05) is 5.56 Å². The van der Waals surface area contributed by atoms with Crippen molar-refractivity contribution in [1.82, 2.24) is 9.97 Å². The van der Waals surface area contributed by atoms with Crippen molar-refractivity contribution in [1.29, 1.82) is 0 Å². The molecule has 1 aromatic heterocycles. The molecular formula is C13H12BrF2N3O. The quantitative estimate of drug-likeness (QED) is 0.822. The smallest absolute Gasteiger partial charge is 0.256 e. The second-order valence-electron chi connectivity index (χ2n) is 4.59. The predicted molar refractivity (Wildman–Crippen MR) is 76.4 cm³/mol. The van der Waals surface area contributed by atoms with E-state index in [4.69, 9.17) is 5.73 Å². The Morgan fingerprint density at radius 2 is 2.00 bits per heavy atom. The van der Waals surface area contributed by atoms with Gasteiger partial charge in [0.15, 0.2) is 11.6 Å². The summed E-state index contributed by atoms with van der Waals surface area (Å²) in [6, 6.07) is 2.28. The number of nitrogens with two attached hydrogens (primary N) is 1. The molecule has 3 N–H and O–H groups in total. The number of anilines is 1. The van der Waals surface area contributed by atoms with Crippen molar-refractivity contribution < 1.29 is 8.78 Å². The second kappa shape index (κ2) is 5.32. The standard InChI is InChI=1S/C13H12BrF2N3O/c1-5(2)8-11(17)18-12(19-13(8)20)6-3-4-7(15)10(16)9(6)14/h3-5H,1-2H3,(H3,17,18,19,20). The van der Waals surface area contributed by atoms with Gasteiger partial charge >= 0.3 is 0 Å². The zero-order valence-electron chi connectivity index (χ0n) is 10.8. The predicted octanol–water partition coefficient (Wildman–Crippen LogP) is 3.18. The molecule has 0 saturated carbocycles. The molecule has 0 aliphatic rings. The van der Waals surface area contributed by atoms with Crippen LogP contribution in [-0.2, 0) is 0 Å². The Kier molecular flexibility index (Phi) is 3.89. The van der Waals surface area contributed by atoms with Gasteiger partial charge in [-0.2, -0.15) is 0 Å². The molecule has 20 heavy (non-hydrogen) atoms. The summed E-state index contributed by atoms with van der Waals surface area (Å²) in [5.41, 5.74) is 5.97. The average molecular weight is 344 g/mol. The lowest BCUT2D eigenvalue weighted by molar-refractivity contribution is 0.504. The van der Waals surface area contributed by atoms with Gasteiger partial charge < -0.3 is 10.7 Å². The van der Waals surface area contributed by atoms with Crippen LogP contribution in [-0.4, -0.2) is 9.97 Å². The second-order valence-corrected chi connectivity index (χ2v) is 5.38. The fourth-order valence-corrected chi connectivity index (χ4v) is 2.40. The molecule has 0 fully saturated rings. The monoisotopic (exact) mass is 343 g/mol. The number of benzene rings is 1. The van der Waals surface area contributed by atoms with E-state index < -0.39 is 11.6 Å². The number of nitrogens with zero attached hydrogens (tertiary/aromatic N) is 1. The molecule has 4 nitrogen and oxygen atoms in total. The maximum absolute atomic E-state index is 13.5. The fraction of sp³-hybridized carbons (Fsp3) is 0.231. The number of nitrogens with one attached hydrogen (secondary N) is 1. The van der Waals surface area contributed by atoms with Crippen LogP contribution in [0, 0.1) is 11.6 Å². The summed E-state index contributed by atoms with van der Waals surface area (Å²) in [7, 11) is 0. The first-order chi connectivity index (χ1) is 9.32. The Labute approximate surface area is 122 Å². The van der Waals surface area contributed by atoms with Crippen LogP contribution in [0.5, 0.6) is 0 Å². The third-order valence-electron chi connectivity index (χ3n) is 2.85. The molecule has 106 valence electrons. The molecular weight excluding hydrogens is 332 g/mol. The van der Waals surface area contributed by atoms with Crippen LogP contribution in [0.4, 0.5) is 14.6 Å². The summed E-state index contributed by atoms with van der Waals surface area (Å²) < 4.78 is 26.5. The lowest BCUT2D eigenvalue weighted by Gasteiger charge is -2.10. The van der Waals surface area contributed by atoms with Crippen LogP contribution in [0.2, 0.25) is 0 Å². The molecule has 0 bridgehead atoms. The molecule has 1 aromatic carbocycles. The first-order valence-electron chi connectivity index (χ1n) is 5.86. The van der Waals surface area contributed by atoms with Gasteiger partial charge in [0.05, 0.1) is 10.0 Å². The van der Waals surface area contributed by atoms with Crippen molar-refractivity contribution in [2.45, 2.75) is 19.8 Å². The number of hydrogen-bond donors (Lipinski definition) is 2. The van der Waals surface area contributed by atoms with E-state index in [1.54, 1.807) is 0 Å². The molecule has 2 rings (SSSR count). The Morgan fingerprint density at radius 1 is 1.35 bits per heavy atom. The lowest BCUT2D eigenvalue weighted by atomic mass is 10.1. The van der Waals surface area contributed by atoms with Crippen molar-refractivity contribution >= 4 is 21.7 Å². The number of H-pyrrole nitrogens is 1. The summed E-state index contributed by atoms with van der Waals surface area (Å²) in [5.74, 6) is -1.96. The largest absolute Gasteiger partial charge is 0.383 e. The van der Waals surface area contributed by atoms with E-state index in [0.717, 1.165) is 6.07 Å². The number of aromatic amines is 1. The maximum Gasteiger partial charge on any atom is 0.256 e. The summed E-state index contributed by atoms with van der Waals surface area (Å²) in [4.78, 5) is 18.6. The molecule has 0 spiro atoms. The normalized spacial score (nSPS) is 11.1. The van der Waals surface area contributed by atoms with Gasteiger partial charge in [-0.05, 0) is 34.0 Å². The Hall–Kier alpha value is -1.76. The van der Waals surface area contributed by atoms with Gasteiger partial charge in [-0.15, -0.1) is 0 Å². The van der Waals surface area contributed by atoms with Crippen LogP contribution in [0.15, 0.2) is 21.4 Å². The first kappa shape index (κ1) is 14.6. The van der Waals surface area contributed by atoms with Crippen molar-refractivity contribution in [2.75, 3.05) is 5.73 Å². The highest BCUT2D eigenvalue weighted by atomic mass is 79.9. The van der Waals surface area contributed by atoms with E-state index >= 15 is 0 Å². The summed E-state index contributed by atoms with van der Waals surface area (Å²) in [6.45, 7) is 3.63. The van der Waals surface area contributed by atoms with Crippen LogP contribution in [0.25, 0.3) is 11.4 Å². The first-order valence-corrected chi connectivity index (χ1v) is 6.65. The highest BCUT2D eigenvalue weighted by Crippen LogP contribution is 2.30. The van der Waals surface area contributed by atoms with E-state index in [1.165, 1.54) is 6.07 Å². The van der Waals surface area contributed by atoms with Crippen molar-refractivity contribution in [2.24, 2.45) is 0 Å². The molecule has 1 heterocycles. The summed E-state index contributed by atoms with van der Waals surface area (Å²) in [5, 5.41) is 0. The minimum absolute atomic E-state index is 0.0791. The Morgan fingerprint density at radius 3 is 2.55 bits per heavy atom. The van der Waals surface area contributed by atoms with E-state index in [2.05, 4.69) is 25.9 Å². The van der Waals surface area contributed by atoms with Gasteiger partial charge in [0.1, 0.15) is 11.6 Å². The minimum atomic E-state index is -1.04. The van der Waals surface area contributed by atoms with Gasteiger partial charge in [0.25, 0.3) is 5.56 Å². The van der Waals surface area contributed by atoms with E-state index in [-0.39, 0.29) is 33.2 Å². The third kappa shape index (κ3) is 2.45. The van der Waals surface area contributed by atoms with Crippen LogP contribution in [0.1, 0.15) is 25.3 Å². The molecule has 0 radical (unpaired) electrons. The van der Waals surface area contributed by atoms with Gasteiger partial charge in [0.2, 0.25) is 0 Å². The number of hydrogen-bond acceptors (Lipinski definition) is 3. The maximum atomic E-state index is 13.5. The Balaban J connectivity index is 2.67. The molecule has 2 aromatic rings. The van der Waals surface area contributed by atoms with Crippen LogP contribution < -0.4 is 11.3 Å². The van der Waals surface area contributed by atoms with E-state index in [9.17, 15) is 13.6 Å². The number of rotatable bonds is 2. The SMILES string of the molecule is CC(C)c1c(N)nc(-c2ccc(F)c(F)c2Br)[nH]c1=O. The van der Waals surface area contributed by atoms with E-state index in [0.29, 0.717) is 5.56 Å². The van der Waals surface area contributed by atoms with Crippen LogP contribution in [0.3, 0.4) is 0 Å². The zero-order valence-corrected chi connectivity index (χ0v) is 12.4. The topological polar surface area (TPSA) is 71.8 Å². The van der Waals surface area contributed by atoms with Gasteiger partial charge in [-0.1, -0.05) is 13.8 Å². The summed E-state index contributed by atoms with van der Waals surface area (Å²) in [6.07, 6.45) is 0. The van der Waals surface area contributed by atoms with Crippen LogP contribution >= 0.6 is 15.9 Å². The summed E-state index contributed by atoms with van der Waals surface area (Å²) >= 11 is 2.95. The van der Waals surface area contributed by atoms with Gasteiger partial charge in [-0.25, -0.2) is 13.8 Å². The number of aromatic nitrogens is 2. The van der Waals surface area contributed by atoms with Crippen molar-refractivity contribution in [3.63, 3.8) is 0 Å². The molecule has 7 heteroatoms. The average Bonchev–Trinajstić information content (AvgIpc) is 2.34. The van der Waals surface area contributed by atoms with Crippen molar-refractivity contribution in [3.05, 3.63) is 44.2 Å². The molecule has 0 aliphatic heterocycles. The number of nitrogen functional groups attached to an aromatic ring is 1. The molecule has 0 atom stereocenters. The highest BCUT2D eigenvalue weighted by molar-refractivity contribution is 9.10. The third-order valence-corrected chi connectivity index (χ3v) is 3.63. The molecule has 0 unspecified atom stereocenters. The van der Waals surface area contributed by atoms with Gasteiger partial charge in [-0.3, -0.25) is 4.79 Å². The highest BCUT2D eigenvalue weighted by Gasteiger charge is 2.17. The zero-order chi connectivity index (χ0) is 15.0. The van der Waals surface area contributed by atoms with E-state index in [1.807, 2.05) is 13.8 Å². The molecule has 0 amide bonds. The lowest BCUT2D eigenvalue weighted by Crippen LogP contribution is -2.19.